The van der Waals surface area contributed by atoms with Crippen LogP contribution >= 0.6 is 23.2 Å². The Bertz CT molecular complexity index is 1110. The van der Waals surface area contributed by atoms with Gasteiger partial charge in [-0.2, -0.15) is 0 Å². The Balaban J connectivity index is 2.46. The summed E-state index contributed by atoms with van der Waals surface area (Å²) < 4.78 is 39.4. The lowest BCUT2D eigenvalue weighted by Crippen LogP contribution is -2.53. The summed E-state index contributed by atoms with van der Waals surface area (Å²) in [5, 5.41) is 3.20. The van der Waals surface area contributed by atoms with Crippen LogP contribution in [0.4, 0.5) is 10.1 Å². The number of hydrogen-bond donors (Lipinski definition) is 1. The number of sulfonamides is 1. The highest BCUT2D eigenvalue weighted by atomic mass is 35.5. The molecule has 0 saturated heterocycles. The van der Waals surface area contributed by atoms with Gasteiger partial charge in [-0.1, -0.05) is 42.3 Å². The first-order chi connectivity index (χ1) is 15.8. The van der Waals surface area contributed by atoms with Crippen molar-refractivity contribution in [1.29, 1.82) is 0 Å². The summed E-state index contributed by atoms with van der Waals surface area (Å²) >= 11 is 12.1. The lowest BCUT2D eigenvalue weighted by molar-refractivity contribution is -0.140. The second kappa shape index (κ2) is 11.9. The maximum atomic E-state index is 13.5. The molecule has 0 radical (unpaired) electrons. The second-order valence-electron chi connectivity index (χ2n) is 8.13. The summed E-state index contributed by atoms with van der Waals surface area (Å²) in [6.07, 6.45) is 1.25. The Morgan fingerprint density at radius 3 is 2.09 bits per heavy atom. The number of benzene rings is 2. The van der Waals surface area contributed by atoms with Crippen molar-refractivity contribution in [3.63, 3.8) is 0 Å². The lowest BCUT2D eigenvalue weighted by atomic mass is 10.1. The van der Waals surface area contributed by atoms with E-state index in [0.717, 1.165) is 10.6 Å². The Kier molecular flexibility index (Phi) is 9.73. The molecule has 0 aliphatic heterocycles. The minimum Gasteiger partial charge on any atom is -0.352 e. The minimum atomic E-state index is -3.91. The highest BCUT2D eigenvalue weighted by Crippen LogP contribution is 2.27. The highest BCUT2D eigenvalue weighted by Gasteiger charge is 2.32. The number of anilines is 1. The lowest BCUT2D eigenvalue weighted by Gasteiger charge is -2.33. The van der Waals surface area contributed by atoms with Crippen LogP contribution in [0.2, 0.25) is 10.0 Å². The van der Waals surface area contributed by atoms with Gasteiger partial charge >= 0.3 is 0 Å². The van der Waals surface area contributed by atoms with Crippen molar-refractivity contribution in [3.8, 4) is 0 Å². The molecule has 0 fully saturated rings. The van der Waals surface area contributed by atoms with Crippen molar-refractivity contribution in [2.45, 2.75) is 45.8 Å². The van der Waals surface area contributed by atoms with E-state index in [2.05, 4.69) is 5.32 Å². The van der Waals surface area contributed by atoms with E-state index in [0.29, 0.717) is 5.56 Å². The van der Waals surface area contributed by atoms with Crippen LogP contribution in [-0.2, 0) is 26.2 Å². The Hall–Kier alpha value is -2.36. The van der Waals surface area contributed by atoms with Gasteiger partial charge in [0.2, 0.25) is 21.8 Å². The Morgan fingerprint density at radius 2 is 1.62 bits per heavy atom. The molecular weight excluding hydrogens is 504 g/mol. The first-order valence-electron chi connectivity index (χ1n) is 10.6. The molecule has 1 unspecified atom stereocenters. The van der Waals surface area contributed by atoms with Gasteiger partial charge in [-0.15, -0.1) is 0 Å². The first kappa shape index (κ1) is 27.9. The van der Waals surface area contributed by atoms with Crippen LogP contribution in [0.5, 0.6) is 0 Å². The van der Waals surface area contributed by atoms with E-state index in [1.165, 1.54) is 47.4 Å². The molecule has 1 N–H and O–H groups in total. The zero-order valence-corrected chi connectivity index (χ0v) is 21.7. The van der Waals surface area contributed by atoms with Crippen LogP contribution in [0.1, 0.15) is 32.8 Å². The van der Waals surface area contributed by atoms with Gasteiger partial charge in [0.1, 0.15) is 18.4 Å². The van der Waals surface area contributed by atoms with E-state index in [4.69, 9.17) is 23.2 Å². The van der Waals surface area contributed by atoms with E-state index in [1.807, 2.05) is 0 Å². The van der Waals surface area contributed by atoms with E-state index in [9.17, 15) is 22.4 Å². The molecule has 0 aromatic heterocycles. The SMILES string of the molecule is CCC(C(=O)NC(C)C)N(Cc1ccc(F)cc1)C(=O)CN(c1cc(Cl)cc(Cl)c1)S(C)(=O)=O. The fraction of sp³-hybridized carbons (Fsp3) is 0.391. The largest absolute Gasteiger partial charge is 0.352 e. The van der Waals surface area contributed by atoms with Crippen LogP contribution < -0.4 is 9.62 Å². The molecule has 0 heterocycles. The summed E-state index contributed by atoms with van der Waals surface area (Å²) in [4.78, 5) is 27.7. The van der Waals surface area contributed by atoms with Gasteiger partial charge in [-0.05, 0) is 56.2 Å². The number of amides is 2. The van der Waals surface area contributed by atoms with Gasteiger partial charge in [-0.25, -0.2) is 12.8 Å². The minimum absolute atomic E-state index is 0.0168. The van der Waals surface area contributed by atoms with E-state index < -0.39 is 34.3 Å². The topological polar surface area (TPSA) is 86.8 Å². The standard InChI is InChI=1S/C23H28Cl2FN3O4S/c1-5-21(23(31)27-15(2)3)28(13-16-6-8-19(26)9-7-16)22(30)14-29(34(4,32)33)20-11-17(24)10-18(25)12-20/h6-12,15,21H,5,13-14H2,1-4H3,(H,27,31). The molecule has 0 aliphatic carbocycles. The van der Waals surface area contributed by atoms with Gasteiger partial charge in [0.25, 0.3) is 0 Å². The van der Waals surface area contributed by atoms with E-state index >= 15 is 0 Å². The van der Waals surface area contributed by atoms with Crippen LogP contribution in [0.3, 0.4) is 0 Å². The maximum absolute atomic E-state index is 13.5. The molecule has 186 valence electrons. The zero-order valence-electron chi connectivity index (χ0n) is 19.4. The Morgan fingerprint density at radius 1 is 1.06 bits per heavy atom. The van der Waals surface area contributed by atoms with Crippen LogP contribution in [0.25, 0.3) is 0 Å². The molecule has 2 aromatic carbocycles. The van der Waals surface area contributed by atoms with E-state index in [-0.39, 0.29) is 40.6 Å². The van der Waals surface area contributed by atoms with E-state index in [1.54, 1.807) is 20.8 Å². The number of carbonyl (C=O) groups is 2. The molecule has 11 heteroatoms. The summed E-state index contributed by atoms with van der Waals surface area (Å²) in [5.74, 6) is -1.42. The first-order valence-corrected chi connectivity index (χ1v) is 13.2. The summed E-state index contributed by atoms with van der Waals surface area (Å²) in [5.41, 5.74) is 0.706. The number of halogens is 3. The number of nitrogens with zero attached hydrogens (tertiary/aromatic N) is 2. The predicted octanol–water partition coefficient (Wildman–Crippen LogP) is 4.23. The molecule has 0 saturated carbocycles. The molecule has 7 nitrogen and oxygen atoms in total. The quantitative estimate of drug-likeness (QED) is 0.496. The number of nitrogens with one attached hydrogen (secondary N) is 1. The van der Waals surface area contributed by atoms with Crippen LogP contribution in [0.15, 0.2) is 42.5 Å². The van der Waals surface area contributed by atoms with Crippen molar-refractivity contribution in [2.24, 2.45) is 0 Å². The molecule has 2 amide bonds. The molecule has 1 atom stereocenters. The molecule has 2 aromatic rings. The monoisotopic (exact) mass is 531 g/mol. The summed E-state index contributed by atoms with van der Waals surface area (Å²) in [6, 6.07) is 8.70. The third-order valence-electron chi connectivity index (χ3n) is 4.90. The normalized spacial score (nSPS) is 12.4. The van der Waals surface area contributed by atoms with Gasteiger partial charge in [0, 0.05) is 22.6 Å². The van der Waals surface area contributed by atoms with Gasteiger partial charge in [0.15, 0.2) is 0 Å². The zero-order chi connectivity index (χ0) is 25.6. The fourth-order valence-electron chi connectivity index (χ4n) is 3.38. The van der Waals surface area contributed by atoms with Crippen molar-refractivity contribution in [3.05, 3.63) is 63.9 Å². The molecule has 34 heavy (non-hydrogen) atoms. The van der Waals surface area contributed by atoms with Crippen molar-refractivity contribution in [2.75, 3.05) is 17.1 Å². The molecule has 0 spiro atoms. The van der Waals surface area contributed by atoms with Crippen LogP contribution in [0, 0.1) is 5.82 Å². The predicted molar refractivity (Wildman–Crippen MR) is 133 cm³/mol. The second-order valence-corrected chi connectivity index (χ2v) is 10.9. The summed E-state index contributed by atoms with van der Waals surface area (Å²) in [6.45, 7) is 4.75. The molecule has 0 aliphatic rings. The van der Waals surface area contributed by atoms with Gasteiger partial charge in [-0.3, -0.25) is 13.9 Å². The van der Waals surface area contributed by atoms with Crippen molar-refractivity contribution >= 4 is 50.7 Å². The molecular formula is C23H28Cl2FN3O4S. The number of hydrogen-bond acceptors (Lipinski definition) is 4. The Labute approximate surface area is 209 Å². The fourth-order valence-corrected chi connectivity index (χ4v) is 4.73. The smallest absolute Gasteiger partial charge is 0.244 e. The molecule has 0 bridgehead atoms. The van der Waals surface area contributed by atoms with Crippen molar-refractivity contribution < 1.29 is 22.4 Å². The van der Waals surface area contributed by atoms with Crippen LogP contribution in [-0.4, -0.2) is 50.0 Å². The summed E-state index contributed by atoms with van der Waals surface area (Å²) in [7, 11) is -3.91. The third kappa shape index (κ3) is 7.85. The number of carbonyl (C=O) groups excluding carboxylic acids is 2. The van der Waals surface area contributed by atoms with Gasteiger partial charge in [0.05, 0.1) is 11.9 Å². The molecule has 2 rings (SSSR count). The van der Waals surface area contributed by atoms with Crippen molar-refractivity contribution in [1.82, 2.24) is 10.2 Å². The average molecular weight is 532 g/mol. The maximum Gasteiger partial charge on any atom is 0.244 e. The average Bonchev–Trinajstić information content (AvgIpc) is 2.71. The van der Waals surface area contributed by atoms with Gasteiger partial charge < -0.3 is 10.2 Å². The highest BCUT2D eigenvalue weighted by molar-refractivity contribution is 7.92. The number of rotatable bonds is 10. The third-order valence-corrected chi connectivity index (χ3v) is 6.47.